The van der Waals surface area contributed by atoms with Gasteiger partial charge in [-0.25, -0.2) is 0 Å². The van der Waals surface area contributed by atoms with Gasteiger partial charge in [0.05, 0.1) is 8.47 Å². The Morgan fingerprint density at radius 1 is 0.217 bits per heavy atom. The molecule has 0 nitrogen and oxygen atoms in total. The first kappa shape index (κ1) is 32.8. The van der Waals surface area contributed by atoms with E-state index < -0.39 is 0 Å². The fraction of sp³-hybridized carbons (Fsp3) is 0. The predicted octanol–water partition coefficient (Wildman–Crippen LogP) is 14.1. The van der Waals surface area contributed by atoms with E-state index in [-0.39, 0.29) is 0 Å². The number of hydrogen-bond acceptors (Lipinski definition) is 6. The Bertz CT molecular complexity index is 1620. The summed E-state index contributed by atoms with van der Waals surface area (Å²) in [5.41, 5.74) is 0. The minimum Gasteiger partial charge on any atom is -0.0871 e. The van der Waals surface area contributed by atoms with E-state index in [0.717, 1.165) is 0 Å². The molecule has 0 spiro atoms. The van der Waals surface area contributed by atoms with Crippen molar-refractivity contribution in [1.82, 2.24) is 0 Å². The normalized spacial score (nSPS) is 10.7. The number of benzene rings is 6. The van der Waals surface area contributed by atoms with E-state index in [1.165, 1.54) is 47.7 Å². The van der Waals surface area contributed by atoms with Crippen LogP contribution in [0.3, 0.4) is 0 Å². The summed E-state index contributed by atoms with van der Waals surface area (Å²) >= 11 is 11.0. The standard InChI is InChI=1S/C40H30S6/c1-7-19-31(20-8-1)41-37(39(43-33-23-11-3-12-24-33)44-34-25-13-4-14-26-34)38(42-32-21-9-2-10-22-32)40(45-35-27-15-5-16-28-35)46-36-29-17-6-18-30-36/h1-30H. The molecule has 6 rings (SSSR count). The van der Waals surface area contributed by atoms with Crippen LogP contribution in [0.5, 0.6) is 0 Å². The quantitative estimate of drug-likeness (QED) is 0.0862. The lowest BCUT2D eigenvalue weighted by Gasteiger charge is -2.21. The van der Waals surface area contributed by atoms with Gasteiger partial charge in [-0.05, 0) is 72.8 Å². The highest BCUT2D eigenvalue weighted by Crippen LogP contribution is 2.55. The van der Waals surface area contributed by atoms with Crippen LogP contribution < -0.4 is 0 Å². The van der Waals surface area contributed by atoms with Crippen LogP contribution in [0.4, 0.5) is 0 Å². The van der Waals surface area contributed by atoms with Crippen molar-refractivity contribution in [1.29, 1.82) is 0 Å². The zero-order valence-corrected chi connectivity index (χ0v) is 29.7. The lowest BCUT2D eigenvalue weighted by Crippen LogP contribution is -1.92. The summed E-state index contributed by atoms with van der Waals surface area (Å²) < 4.78 is 2.48. The molecule has 0 aliphatic rings. The van der Waals surface area contributed by atoms with Crippen molar-refractivity contribution >= 4 is 70.6 Å². The monoisotopic (exact) mass is 702 g/mol. The van der Waals surface area contributed by atoms with Crippen molar-refractivity contribution in [3.8, 4) is 0 Å². The SMILES string of the molecule is c1ccc(SC(Sc2ccccc2)=C(Sc2ccccc2)C(Sc2ccccc2)=C(Sc2ccccc2)Sc2ccccc2)cc1. The molecule has 6 aromatic carbocycles. The fourth-order valence-electron chi connectivity index (χ4n) is 4.18. The van der Waals surface area contributed by atoms with Crippen LogP contribution in [-0.2, 0) is 0 Å². The van der Waals surface area contributed by atoms with Gasteiger partial charge in [0.15, 0.2) is 0 Å². The molecule has 0 aliphatic heterocycles. The molecule has 6 heteroatoms. The van der Waals surface area contributed by atoms with Gasteiger partial charge in [0.1, 0.15) is 0 Å². The lowest BCUT2D eigenvalue weighted by atomic mass is 10.4. The molecule has 0 aromatic heterocycles. The maximum atomic E-state index is 2.21. The average Bonchev–Trinajstić information content (AvgIpc) is 3.12. The molecule has 0 amide bonds. The Labute approximate surface area is 298 Å². The predicted molar refractivity (Wildman–Crippen MR) is 208 cm³/mol. The van der Waals surface area contributed by atoms with Crippen LogP contribution in [0.1, 0.15) is 0 Å². The maximum absolute atomic E-state index is 2.21. The van der Waals surface area contributed by atoms with Crippen molar-refractivity contribution in [2.45, 2.75) is 29.4 Å². The van der Waals surface area contributed by atoms with Gasteiger partial charge in [-0.1, -0.05) is 180 Å². The van der Waals surface area contributed by atoms with Crippen molar-refractivity contribution in [2.75, 3.05) is 0 Å². The van der Waals surface area contributed by atoms with Crippen LogP contribution in [0, 0.1) is 0 Å². The first-order valence-electron chi connectivity index (χ1n) is 14.7. The lowest BCUT2D eigenvalue weighted by molar-refractivity contribution is 1.45. The molecule has 0 bridgehead atoms. The third-order valence-corrected chi connectivity index (χ3v) is 13.8. The topological polar surface area (TPSA) is 0 Å². The Morgan fingerprint density at radius 3 is 0.587 bits per heavy atom. The second-order valence-electron chi connectivity index (χ2n) is 9.72. The van der Waals surface area contributed by atoms with Crippen molar-refractivity contribution in [3.05, 3.63) is 200 Å². The molecular weight excluding hydrogens is 673 g/mol. The summed E-state index contributed by atoms with van der Waals surface area (Å²) in [6.45, 7) is 0. The fourth-order valence-corrected chi connectivity index (χ4v) is 11.6. The van der Waals surface area contributed by atoms with Crippen molar-refractivity contribution in [3.63, 3.8) is 0 Å². The second-order valence-corrected chi connectivity index (χ2v) is 16.7. The Hall–Kier alpha value is -3.10. The van der Waals surface area contributed by atoms with Crippen LogP contribution >= 0.6 is 70.6 Å². The highest BCUT2D eigenvalue weighted by molar-refractivity contribution is 8.24. The summed E-state index contributed by atoms with van der Waals surface area (Å²) in [6.07, 6.45) is 0. The molecule has 226 valence electrons. The van der Waals surface area contributed by atoms with Crippen LogP contribution in [0.2, 0.25) is 0 Å². The molecular formula is C40H30S6. The van der Waals surface area contributed by atoms with E-state index in [2.05, 4.69) is 182 Å². The van der Waals surface area contributed by atoms with Gasteiger partial charge in [-0.3, -0.25) is 0 Å². The van der Waals surface area contributed by atoms with Crippen molar-refractivity contribution < 1.29 is 0 Å². The minimum atomic E-state index is 1.21. The average molecular weight is 703 g/mol. The van der Waals surface area contributed by atoms with Gasteiger partial charge in [-0.2, -0.15) is 0 Å². The first-order chi connectivity index (χ1) is 22.8. The van der Waals surface area contributed by atoms with E-state index in [1.54, 1.807) is 0 Å². The maximum Gasteiger partial charge on any atom is 0.0650 e. The van der Waals surface area contributed by atoms with Gasteiger partial charge in [0.2, 0.25) is 0 Å². The number of hydrogen-bond donors (Lipinski definition) is 0. The molecule has 0 saturated carbocycles. The van der Waals surface area contributed by atoms with Crippen LogP contribution in [0.25, 0.3) is 0 Å². The molecule has 0 fully saturated rings. The van der Waals surface area contributed by atoms with Crippen molar-refractivity contribution in [2.24, 2.45) is 0 Å². The molecule has 46 heavy (non-hydrogen) atoms. The van der Waals surface area contributed by atoms with Gasteiger partial charge >= 0.3 is 0 Å². The molecule has 0 aliphatic carbocycles. The van der Waals surface area contributed by atoms with E-state index in [1.807, 2.05) is 70.6 Å². The third-order valence-electron chi connectivity index (χ3n) is 6.32. The van der Waals surface area contributed by atoms with Crippen LogP contribution in [-0.4, -0.2) is 0 Å². The highest BCUT2D eigenvalue weighted by atomic mass is 32.2. The molecule has 0 heterocycles. The van der Waals surface area contributed by atoms with Crippen LogP contribution in [0.15, 0.2) is 230 Å². The molecule has 0 saturated heterocycles. The minimum absolute atomic E-state index is 1.21. The van der Waals surface area contributed by atoms with E-state index in [0.29, 0.717) is 0 Å². The summed E-state index contributed by atoms with van der Waals surface area (Å²) in [7, 11) is 0. The van der Waals surface area contributed by atoms with Gasteiger partial charge in [-0.15, -0.1) is 0 Å². The number of thioether (sulfide) groups is 6. The summed E-state index contributed by atoms with van der Waals surface area (Å²) in [6, 6.07) is 64.4. The van der Waals surface area contributed by atoms with E-state index in [9.17, 15) is 0 Å². The first-order valence-corrected chi connectivity index (χ1v) is 19.6. The van der Waals surface area contributed by atoms with Gasteiger partial charge in [0.25, 0.3) is 0 Å². The zero-order chi connectivity index (χ0) is 31.2. The molecule has 0 N–H and O–H groups in total. The van der Waals surface area contributed by atoms with E-state index >= 15 is 0 Å². The zero-order valence-electron chi connectivity index (χ0n) is 24.8. The third kappa shape index (κ3) is 9.95. The largest absolute Gasteiger partial charge is 0.0871 e. The van der Waals surface area contributed by atoms with Gasteiger partial charge in [0, 0.05) is 39.2 Å². The second kappa shape index (κ2) is 17.7. The molecule has 0 atom stereocenters. The Morgan fingerprint density at radius 2 is 0.391 bits per heavy atom. The summed E-state index contributed by atoms with van der Waals surface area (Å²) in [5.74, 6) is 0. The number of rotatable bonds is 13. The Kier molecular flexibility index (Phi) is 12.6. The molecule has 6 aromatic rings. The highest BCUT2D eigenvalue weighted by Gasteiger charge is 2.23. The molecule has 0 unspecified atom stereocenters. The smallest absolute Gasteiger partial charge is 0.0650 e. The summed E-state index contributed by atoms with van der Waals surface area (Å²) in [4.78, 5) is 9.74. The van der Waals surface area contributed by atoms with E-state index in [4.69, 9.17) is 0 Å². The van der Waals surface area contributed by atoms with Gasteiger partial charge < -0.3 is 0 Å². The Balaban J connectivity index is 1.61. The molecule has 0 radical (unpaired) electrons. The summed E-state index contributed by atoms with van der Waals surface area (Å²) in [5, 5.41) is 0.